The molecule has 0 bridgehead atoms. The number of aryl methyl sites for hydroxylation is 1. The number of nitrogens with two attached hydrogens (primary N) is 1. The zero-order chi connectivity index (χ0) is 19.8. The lowest BCUT2D eigenvalue weighted by Crippen LogP contribution is -2.15. The van der Waals surface area contributed by atoms with E-state index in [9.17, 15) is 9.18 Å². The summed E-state index contributed by atoms with van der Waals surface area (Å²) >= 11 is 0. The van der Waals surface area contributed by atoms with Gasteiger partial charge in [-0.15, -0.1) is 0 Å². The van der Waals surface area contributed by atoms with Gasteiger partial charge in [0.2, 0.25) is 0 Å². The summed E-state index contributed by atoms with van der Waals surface area (Å²) in [5.74, 6) is -0.721. The van der Waals surface area contributed by atoms with Crippen LogP contribution in [0, 0.1) is 12.7 Å². The molecule has 2 N–H and O–H groups in total. The first-order valence-electron chi connectivity index (χ1n) is 9.90. The van der Waals surface area contributed by atoms with E-state index in [4.69, 9.17) is 5.73 Å². The Balaban J connectivity index is 1.98. The average Bonchev–Trinajstić information content (AvgIpc) is 3.21. The first-order chi connectivity index (χ1) is 13.5. The molecule has 3 nitrogen and oxygen atoms in total. The van der Waals surface area contributed by atoms with Gasteiger partial charge < -0.3 is 10.3 Å². The first kappa shape index (κ1) is 18.5. The smallest absolute Gasteiger partial charge is 0.251 e. The molecule has 0 saturated heterocycles. The molecule has 1 aliphatic carbocycles. The van der Waals surface area contributed by atoms with Crippen molar-refractivity contribution >= 4 is 5.91 Å². The lowest BCUT2D eigenvalue weighted by Gasteiger charge is -2.21. The molecule has 1 aliphatic rings. The Hall–Kier alpha value is -2.88. The van der Waals surface area contributed by atoms with Gasteiger partial charge >= 0.3 is 0 Å². The quantitative estimate of drug-likeness (QED) is 0.654. The number of primary amides is 1. The Morgan fingerprint density at radius 3 is 2.57 bits per heavy atom. The van der Waals surface area contributed by atoms with E-state index < -0.39 is 5.91 Å². The molecule has 1 aromatic heterocycles. The fourth-order valence-corrected chi connectivity index (χ4v) is 4.70. The summed E-state index contributed by atoms with van der Waals surface area (Å²) in [6.45, 7) is 4.11. The molecule has 1 unspecified atom stereocenters. The summed E-state index contributed by atoms with van der Waals surface area (Å²) in [5.41, 5.74) is 12.8. The predicted molar refractivity (Wildman–Crippen MR) is 110 cm³/mol. The van der Waals surface area contributed by atoms with Crippen LogP contribution >= 0.6 is 0 Å². The molecule has 0 spiro atoms. The third-order valence-electron chi connectivity index (χ3n) is 5.83. The number of benzene rings is 2. The van der Waals surface area contributed by atoms with Gasteiger partial charge in [0.15, 0.2) is 0 Å². The van der Waals surface area contributed by atoms with Crippen LogP contribution < -0.4 is 5.73 Å². The zero-order valence-corrected chi connectivity index (χ0v) is 16.3. The van der Waals surface area contributed by atoms with E-state index in [1.165, 1.54) is 23.3 Å². The van der Waals surface area contributed by atoms with E-state index in [0.29, 0.717) is 5.56 Å². The number of amides is 1. The van der Waals surface area contributed by atoms with Crippen molar-refractivity contribution in [3.8, 4) is 11.1 Å². The number of hydrogen-bond donors (Lipinski definition) is 1. The first-order valence-corrected chi connectivity index (χ1v) is 9.90. The number of carbonyl (C=O) groups excluding carboxylic acids is 1. The molecule has 1 heterocycles. The van der Waals surface area contributed by atoms with E-state index in [1.807, 2.05) is 6.92 Å². The monoisotopic (exact) mass is 376 g/mol. The van der Waals surface area contributed by atoms with Crippen LogP contribution in [0.5, 0.6) is 0 Å². The Labute approximate surface area is 165 Å². The summed E-state index contributed by atoms with van der Waals surface area (Å²) < 4.78 is 15.8. The predicted octanol–water partition coefficient (Wildman–Crippen LogP) is 5.19. The molecule has 144 valence electrons. The van der Waals surface area contributed by atoms with Gasteiger partial charge in [-0.3, -0.25) is 4.79 Å². The summed E-state index contributed by atoms with van der Waals surface area (Å²) in [4.78, 5) is 12.4. The molecular weight excluding hydrogens is 351 g/mol. The molecular formula is C24H25FN2O. The van der Waals surface area contributed by atoms with Crippen molar-refractivity contribution in [3.05, 3.63) is 82.4 Å². The van der Waals surface area contributed by atoms with Crippen molar-refractivity contribution in [2.24, 2.45) is 5.73 Å². The van der Waals surface area contributed by atoms with Crippen LogP contribution in [-0.4, -0.2) is 10.5 Å². The number of aromatic nitrogens is 1. The third-order valence-corrected chi connectivity index (χ3v) is 5.83. The summed E-state index contributed by atoms with van der Waals surface area (Å²) in [6.07, 6.45) is 3.82. The Bertz CT molecular complexity index is 1030. The highest BCUT2D eigenvalue weighted by molar-refractivity contribution is 6.02. The maximum atomic E-state index is 13.5. The average molecular weight is 376 g/mol. The van der Waals surface area contributed by atoms with E-state index in [-0.39, 0.29) is 11.9 Å². The second-order valence-electron chi connectivity index (χ2n) is 7.53. The standard InChI is InChI=1S/C24H25FN2O/c1-3-6-21-23(17-9-12-18(25)13-10-17)22(24(26)28)15(2)27(21)20-14-11-16-7-4-5-8-19(16)20/h4-5,7-10,12-13,20H,3,6,11,14H2,1-2H3,(H2,26,28). The maximum Gasteiger partial charge on any atom is 0.251 e. The van der Waals surface area contributed by atoms with Gasteiger partial charge in [0, 0.05) is 17.0 Å². The number of fused-ring (bicyclic) bond motifs is 1. The van der Waals surface area contributed by atoms with Gasteiger partial charge in [0.1, 0.15) is 5.82 Å². The van der Waals surface area contributed by atoms with Gasteiger partial charge in [0.05, 0.1) is 11.6 Å². The Kier molecular flexibility index (Phi) is 4.80. The van der Waals surface area contributed by atoms with Crippen LogP contribution in [0.2, 0.25) is 0 Å². The molecule has 4 rings (SSSR count). The van der Waals surface area contributed by atoms with Crippen molar-refractivity contribution in [2.45, 2.75) is 45.6 Å². The van der Waals surface area contributed by atoms with Gasteiger partial charge in [-0.2, -0.15) is 0 Å². The minimum Gasteiger partial charge on any atom is -0.366 e. The Morgan fingerprint density at radius 1 is 1.18 bits per heavy atom. The van der Waals surface area contributed by atoms with Crippen molar-refractivity contribution in [1.29, 1.82) is 0 Å². The Morgan fingerprint density at radius 2 is 1.89 bits per heavy atom. The van der Waals surface area contributed by atoms with E-state index >= 15 is 0 Å². The topological polar surface area (TPSA) is 48.0 Å². The van der Waals surface area contributed by atoms with Crippen LogP contribution in [0.25, 0.3) is 11.1 Å². The van der Waals surface area contributed by atoms with Gasteiger partial charge in [-0.1, -0.05) is 49.7 Å². The highest BCUT2D eigenvalue weighted by atomic mass is 19.1. The highest BCUT2D eigenvalue weighted by Crippen LogP contribution is 2.41. The summed E-state index contributed by atoms with van der Waals surface area (Å²) in [7, 11) is 0. The molecule has 0 aliphatic heterocycles. The van der Waals surface area contributed by atoms with Crippen molar-refractivity contribution in [3.63, 3.8) is 0 Å². The second kappa shape index (κ2) is 7.27. The summed E-state index contributed by atoms with van der Waals surface area (Å²) in [5, 5.41) is 0. The molecule has 4 heteroatoms. The number of hydrogen-bond acceptors (Lipinski definition) is 1. The van der Waals surface area contributed by atoms with Crippen molar-refractivity contribution in [1.82, 2.24) is 4.57 Å². The fourth-order valence-electron chi connectivity index (χ4n) is 4.70. The van der Waals surface area contributed by atoms with Gasteiger partial charge in [-0.05, 0) is 55.0 Å². The highest BCUT2D eigenvalue weighted by Gasteiger charge is 2.31. The second-order valence-corrected chi connectivity index (χ2v) is 7.53. The van der Waals surface area contributed by atoms with Crippen molar-refractivity contribution in [2.75, 3.05) is 0 Å². The molecule has 0 radical (unpaired) electrons. The van der Waals surface area contributed by atoms with Crippen LogP contribution in [0.3, 0.4) is 0 Å². The molecule has 0 fully saturated rings. The fraction of sp³-hybridized carbons (Fsp3) is 0.292. The van der Waals surface area contributed by atoms with Gasteiger partial charge in [0.25, 0.3) is 5.91 Å². The molecule has 0 saturated carbocycles. The molecule has 1 amide bonds. The molecule has 3 aromatic rings. The van der Waals surface area contributed by atoms with E-state index in [2.05, 4.69) is 35.8 Å². The molecule has 2 aromatic carbocycles. The van der Waals surface area contributed by atoms with Crippen LogP contribution in [0.15, 0.2) is 48.5 Å². The van der Waals surface area contributed by atoms with E-state index in [0.717, 1.165) is 48.2 Å². The number of nitrogens with zero attached hydrogens (tertiary/aromatic N) is 1. The minimum atomic E-state index is -0.431. The van der Waals surface area contributed by atoms with Crippen molar-refractivity contribution < 1.29 is 9.18 Å². The normalized spacial score (nSPS) is 15.6. The minimum absolute atomic E-state index is 0.199. The largest absolute Gasteiger partial charge is 0.366 e. The number of halogens is 1. The lowest BCUT2D eigenvalue weighted by atomic mass is 9.98. The SMILES string of the molecule is CCCc1c(-c2ccc(F)cc2)c(C(N)=O)c(C)n1C1CCc2ccccc21. The lowest BCUT2D eigenvalue weighted by molar-refractivity contribution is 0.1000. The van der Waals surface area contributed by atoms with Crippen LogP contribution in [-0.2, 0) is 12.8 Å². The maximum absolute atomic E-state index is 13.5. The van der Waals surface area contributed by atoms with Crippen LogP contribution in [0.1, 0.15) is 58.7 Å². The number of rotatable bonds is 5. The summed E-state index contributed by atoms with van der Waals surface area (Å²) in [6, 6.07) is 15.1. The molecule has 1 atom stereocenters. The van der Waals surface area contributed by atoms with Gasteiger partial charge in [-0.25, -0.2) is 4.39 Å². The van der Waals surface area contributed by atoms with Crippen LogP contribution in [0.4, 0.5) is 4.39 Å². The number of carbonyl (C=O) groups is 1. The van der Waals surface area contributed by atoms with E-state index in [1.54, 1.807) is 12.1 Å². The zero-order valence-electron chi connectivity index (χ0n) is 16.3. The molecule has 28 heavy (non-hydrogen) atoms. The third kappa shape index (κ3) is 2.93.